The smallest absolute Gasteiger partial charge is 0.262 e. The minimum absolute atomic E-state index is 0.00746. The van der Waals surface area contributed by atoms with Crippen molar-refractivity contribution in [2.24, 2.45) is 0 Å². The van der Waals surface area contributed by atoms with E-state index in [9.17, 15) is 4.79 Å². The molecule has 0 aromatic heterocycles. The number of anilines is 1. The lowest BCUT2D eigenvalue weighted by molar-refractivity contribution is -0.118. The zero-order chi connectivity index (χ0) is 17.5. The first-order valence-corrected chi connectivity index (χ1v) is 9.35. The number of nitrogens with zero attached hydrogens (tertiary/aromatic N) is 1. The Bertz CT molecular complexity index is 700. The Labute approximate surface area is 161 Å². The minimum atomic E-state index is -0.159. The lowest BCUT2D eigenvalue weighted by Gasteiger charge is -2.27. The van der Waals surface area contributed by atoms with E-state index in [2.05, 4.69) is 32.8 Å². The van der Waals surface area contributed by atoms with Crippen molar-refractivity contribution in [3.8, 4) is 5.75 Å². The van der Waals surface area contributed by atoms with Crippen LogP contribution in [0.3, 0.4) is 0 Å². The zero-order valence-electron chi connectivity index (χ0n) is 13.9. The molecule has 1 heterocycles. The monoisotopic (exact) mass is 452 g/mol. The third kappa shape index (κ3) is 5.69. The number of rotatable bonds is 6. The third-order valence-electron chi connectivity index (χ3n) is 3.97. The summed E-state index contributed by atoms with van der Waals surface area (Å²) in [6, 6.07) is 15.5. The lowest BCUT2D eigenvalue weighted by atomic mass is 10.1. The first-order chi connectivity index (χ1) is 12.2. The van der Waals surface area contributed by atoms with Crippen LogP contribution in [-0.2, 0) is 16.1 Å². The van der Waals surface area contributed by atoms with E-state index in [1.165, 1.54) is 0 Å². The average molecular weight is 452 g/mol. The van der Waals surface area contributed by atoms with Gasteiger partial charge in [-0.25, -0.2) is 0 Å². The highest BCUT2D eigenvalue weighted by Crippen LogP contribution is 2.18. The van der Waals surface area contributed by atoms with Crippen LogP contribution in [0, 0.1) is 3.57 Å². The molecule has 0 spiro atoms. The van der Waals surface area contributed by atoms with Gasteiger partial charge in [0.25, 0.3) is 5.91 Å². The van der Waals surface area contributed by atoms with Crippen LogP contribution in [0.5, 0.6) is 5.75 Å². The van der Waals surface area contributed by atoms with E-state index in [0.29, 0.717) is 5.75 Å². The first-order valence-electron chi connectivity index (χ1n) is 8.27. The second-order valence-corrected chi connectivity index (χ2v) is 7.08. The van der Waals surface area contributed by atoms with Crippen LogP contribution in [0.25, 0.3) is 0 Å². The van der Waals surface area contributed by atoms with Crippen molar-refractivity contribution in [2.75, 3.05) is 38.2 Å². The number of benzene rings is 2. The highest BCUT2D eigenvalue weighted by atomic mass is 127. The zero-order valence-corrected chi connectivity index (χ0v) is 16.1. The second kappa shape index (κ2) is 9.17. The molecule has 3 rings (SSSR count). The molecule has 2 aromatic rings. The lowest BCUT2D eigenvalue weighted by Crippen LogP contribution is -2.36. The molecule has 1 N–H and O–H groups in total. The Morgan fingerprint density at radius 1 is 1.12 bits per heavy atom. The summed E-state index contributed by atoms with van der Waals surface area (Å²) in [5.41, 5.74) is 1.94. The number of nitrogens with one attached hydrogen (secondary N) is 1. The predicted molar refractivity (Wildman–Crippen MR) is 106 cm³/mol. The van der Waals surface area contributed by atoms with Gasteiger partial charge >= 0.3 is 0 Å². The molecule has 1 saturated heterocycles. The van der Waals surface area contributed by atoms with Crippen LogP contribution in [0.15, 0.2) is 48.5 Å². The molecule has 2 aromatic carbocycles. The van der Waals surface area contributed by atoms with Crippen molar-refractivity contribution in [3.63, 3.8) is 0 Å². The summed E-state index contributed by atoms with van der Waals surface area (Å²) in [5, 5.41) is 2.96. The van der Waals surface area contributed by atoms with Crippen LogP contribution in [0.1, 0.15) is 5.56 Å². The molecule has 25 heavy (non-hydrogen) atoms. The van der Waals surface area contributed by atoms with Crippen molar-refractivity contribution in [3.05, 3.63) is 57.7 Å². The Morgan fingerprint density at radius 3 is 2.60 bits per heavy atom. The van der Waals surface area contributed by atoms with Gasteiger partial charge in [-0.2, -0.15) is 0 Å². The van der Waals surface area contributed by atoms with Gasteiger partial charge in [0.2, 0.25) is 0 Å². The molecule has 0 unspecified atom stereocenters. The van der Waals surface area contributed by atoms with Crippen LogP contribution in [-0.4, -0.2) is 43.7 Å². The Balaban J connectivity index is 1.56. The van der Waals surface area contributed by atoms with Crippen LogP contribution in [0.4, 0.5) is 5.69 Å². The van der Waals surface area contributed by atoms with Gasteiger partial charge in [-0.15, -0.1) is 0 Å². The molecule has 1 aliphatic rings. The maximum absolute atomic E-state index is 12.2. The number of morpholine rings is 1. The van der Waals surface area contributed by atoms with Crippen molar-refractivity contribution in [1.82, 2.24) is 4.90 Å². The number of hydrogen-bond donors (Lipinski definition) is 1. The average Bonchev–Trinajstić information content (AvgIpc) is 2.64. The van der Waals surface area contributed by atoms with Crippen molar-refractivity contribution in [1.29, 1.82) is 0 Å². The van der Waals surface area contributed by atoms with Crippen molar-refractivity contribution in [2.45, 2.75) is 6.54 Å². The largest absolute Gasteiger partial charge is 0.484 e. The topological polar surface area (TPSA) is 50.8 Å². The van der Waals surface area contributed by atoms with E-state index in [4.69, 9.17) is 9.47 Å². The molecule has 0 atom stereocenters. The van der Waals surface area contributed by atoms with Crippen molar-refractivity contribution >= 4 is 34.2 Å². The van der Waals surface area contributed by atoms with E-state index in [1.54, 1.807) is 0 Å². The van der Waals surface area contributed by atoms with Crippen LogP contribution >= 0.6 is 22.6 Å². The predicted octanol–water partition coefficient (Wildman–Crippen LogP) is 3.14. The molecule has 1 amide bonds. The summed E-state index contributed by atoms with van der Waals surface area (Å²) in [5.74, 6) is 0.533. The fraction of sp³-hybridized carbons (Fsp3) is 0.316. The number of carbonyl (C=O) groups excluding carboxylic acids is 1. The molecule has 1 aliphatic heterocycles. The Morgan fingerprint density at radius 2 is 1.84 bits per heavy atom. The summed E-state index contributed by atoms with van der Waals surface area (Å²) in [7, 11) is 0. The Kier molecular flexibility index (Phi) is 6.66. The second-order valence-electron chi connectivity index (χ2n) is 5.84. The molecule has 0 saturated carbocycles. The minimum Gasteiger partial charge on any atom is -0.484 e. The number of carbonyl (C=O) groups is 1. The third-order valence-corrected chi connectivity index (χ3v) is 4.69. The summed E-state index contributed by atoms with van der Waals surface area (Å²) in [6.45, 7) is 4.15. The SMILES string of the molecule is O=C(COc1ccc(I)cc1)Nc1ccccc1CN1CCOCC1. The normalized spacial score (nSPS) is 14.9. The van der Waals surface area contributed by atoms with Gasteiger partial charge in [0.15, 0.2) is 6.61 Å². The summed E-state index contributed by atoms with van der Waals surface area (Å²) < 4.78 is 12.1. The van der Waals surface area contributed by atoms with Gasteiger partial charge in [-0.05, 0) is 58.5 Å². The van der Waals surface area contributed by atoms with Crippen LogP contribution < -0.4 is 10.1 Å². The highest BCUT2D eigenvalue weighted by molar-refractivity contribution is 14.1. The Hall–Kier alpha value is -1.64. The summed E-state index contributed by atoms with van der Waals surface area (Å²) >= 11 is 2.23. The maximum Gasteiger partial charge on any atom is 0.262 e. The molecule has 5 nitrogen and oxygen atoms in total. The molecule has 0 aliphatic carbocycles. The van der Waals surface area contributed by atoms with Gasteiger partial charge < -0.3 is 14.8 Å². The van der Waals surface area contributed by atoms with Gasteiger partial charge in [-0.1, -0.05) is 18.2 Å². The number of ether oxygens (including phenoxy) is 2. The summed E-state index contributed by atoms with van der Waals surface area (Å²) in [4.78, 5) is 14.6. The van der Waals surface area contributed by atoms with Gasteiger partial charge in [0, 0.05) is 28.9 Å². The molecular weight excluding hydrogens is 431 g/mol. The van der Waals surface area contributed by atoms with E-state index in [-0.39, 0.29) is 12.5 Å². The van der Waals surface area contributed by atoms with Gasteiger partial charge in [-0.3, -0.25) is 9.69 Å². The molecule has 6 heteroatoms. The highest BCUT2D eigenvalue weighted by Gasteiger charge is 2.14. The standard InChI is InChI=1S/C19H21IN2O3/c20-16-5-7-17(8-6-16)25-14-19(23)21-18-4-2-1-3-15(18)13-22-9-11-24-12-10-22/h1-8H,9-14H2,(H,21,23). The van der Waals surface area contributed by atoms with E-state index >= 15 is 0 Å². The van der Waals surface area contributed by atoms with E-state index in [0.717, 1.165) is 47.7 Å². The molecule has 132 valence electrons. The quantitative estimate of drug-likeness (QED) is 0.685. The van der Waals surface area contributed by atoms with Gasteiger partial charge in [0.05, 0.1) is 13.2 Å². The molecule has 1 fully saturated rings. The van der Waals surface area contributed by atoms with E-state index in [1.807, 2.05) is 48.5 Å². The number of para-hydroxylation sites is 1. The van der Waals surface area contributed by atoms with Crippen LogP contribution in [0.2, 0.25) is 0 Å². The van der Waals surface area contributed by atoms with Gasteiger partial charge in [0.1, 0.15) is 5.75 Å². The summed E-state index contributed by atoms with van der Waals surface area (Å²) in [6.07, 6.45) is 0. The fourth-order valence-electron chi connectivity index (χ4n) is 2.65. The molecule has 0 radical (unpaired) electrons. The fourth-order valence-corrected chi connectivity index (χ4v) is 3.01. The maximum atomic E-state index is 12.2. The number of halogens is 1. The molecular formula is C19H21IN2O3. The van der Waals surface area contributed by atoms with Crippen molar-refractivity contribution < 1.29 is 14.3 Å². The number of hydrogen-bond acceptors (Lipinski definition) is 4. The first kappa shape index (κ1) is 18.2. The molecule has 0 bridgehead atoms. The number of amides is 1. The van der Waals surface area contributed by atoms with E-state index < -0.39 is 0 Å².